The van der Waals surface area contributed by atoms with E-state index in [0.717, 1.165) is 156 Å². The minimum Gasteiger partial charge on any atom is -0.397 e. The molecule has 1 aliphatic carbocycles. The van der Waals surface area contributed by atoms with Crippen molar-refractivity contribution < 1.29 is 37.2 Å². The van der Waals surface area contributed by atoms with E-state index < -0.39 is 9.84 Å². The van der Waals surface area contributed by atoms with E-state index in [4.69, 9.17) is 28.7 Å². The molecule has 14 heterocycles. The second-order valence-corrected chi connectivity index (χ2v) is 42.1. The van der Waals surface area contributed by atoms with Crippen LogP contribution in [0, 0.1) is 76.2 Å². The zero-order valence-corrected chi connectivity index (χ0v) is 83.5. The summed E-state index contributed by atoms with van der Waals surface area (Å²) in [5, 5.41) is 67.0. The van der Waals surface area contributed by atoms with Crippen molar-refractivity contribution in [3.05, 3.63) is 249 Å². The molecule has 11 aromatic heterocycles. The fourth-order valence-electron chi connectivity index (χ4n) is 16.3. The standard InChI is InChI=1S/C22H27N5OS.C20H22N6O2S.C19H21N5OS.C19H20N4O3S2.C18H17N7OS/c1-14-15(2)25-26-22-18(14)19(23)20(29-22)21(28)24-12-16-6-8-17(9-7-16)13-27-10-4-3-5-11-27;1-10-4-6-13(7-5-10)23-20(28)26-8-14(9-26)22-18(27)17-16(21)15-11(2)12(3)24-25-19(15)29-17;1-11-12(2)22-23-19-15(11)16(20)17(26-19)18(25)21-13-8-9-24(10-13)14-6-4-3-5-7-14;1-10-11(2)22-23-19-15(10)16(20)17(27-19)18(24)21-9-12-3-5-13(6-4-12)28(25,26)14-7-8-14;1-10-11(2)23-24-18-14(10)15(19)16(27-18)17(26)21-7-12-3-5-13(6-4-12)25-9-20-8-22-25/h6-9H,3-5,10-13,23H2,1-2H3,(H,24,28);4-7,14H,8-9,21H2,1-3H3,(H,22,27)(H,23,28);3-7,13H,8-10,20H2,1-2H3,(H,21,25);3-6,14H,7-9,20H2,1-2H3,(H,21,24);3-6,8-9H,7,19H2,1-2H3,(H,21,26). The number of thiophene rings is 5. The van der Waals surface area contributed by atoms with Crippen LogP contribution in [0.25, 0.3) is 56.8 Å². The highest BCUT2D eigenvalue weighted by Crippen LogP contribution is 2.41. The molecule has 16 N–H and O–H groups in total. The number of nitrogen functional groups attached to an aromatic ring is 5. The first-order valence-corrected chi connectivity index (χ1v) is 50.9. The number of aromatic nitrogens is 13. The van der Waals surface area contributed by atoms with Gasteiger partial charge in [0.25, 0.3) is 29.5 Å². The van der Waals surface area contributed by atoms with Gasteiger partial charge < -0.3 is 70.4 Å². The van der Waals surface area contributed by atoms with E-state index >= 15 is 0 Å². The van der Waals surface area contributed by atoms with Crippen LogP contribution in [-0.4, -0.2) is 176 Å². The zero-order chi connectivity index (χ0) is 98.4. The summed E-state index contributed by atoms with van der Waals surface area (Å²) >= 11 is 6.32. The molecule has 139 heavy (non-hydrogen) atoms. The van der Waals surface area contributed by atoms with E-state index in [-0.39, 0.29) is 59.4 Å². The Labute approximate surface area is 821 Å². The van der Waals surface area contributed by atoms with Gasteiger partial charge in [-0.3, -0.25) is 28.9 Å². The number of piperidine rings is 1. The summed E-state index contributed by atoms with van der Waals surface area (Å²) in [5.74, 6) is -1.03. The highest BCUT2D eigenvalue weighted by atomic mass is 32.2. The predicted octanol–water partition coefficient (Wildman–Crippen LogP) is 14.7. The molecule has 4 aliphatic rings. The molecular weight excluding hydrogens is 1880 g/mol. The number of aryl methyl sites for hydroxylation is 11. The van der Waals surface area contributed by atoms with Crippen LogP contribution in [0.4, 0.5) is 44.6 Å². The van der Waals surface area contributed by atoms with Gasteiger partial charge in [0.15, 0.2) is 9.84 Å². The Morgan fingerprint density at radius 3 is 1.16 bits per heavy atom. The van der Waals surface area contributed by atoms with Gasteiger partial charge in [0.1, 0.15) is 61.2 Å². The highest BCUT2D eigenvalue weighted by Gasteiger charge is 2.38. The zero-order valence-electron chi connectivity index (χ0n) is 78.6. The lowest BCUT2D eigenvalue weighted by Crippen LogP contribution is -2.61. The van der Waals surface area contributed by atoms with E-state index in [1.807, 2.05) is 143 Å². The van der Waals surface area contributed by atoms with Crippen molar-refractivity contribution >= 4 is 193 Å². The molecular formula is C98H107N27O8S6. The number of urea groups is 1. The van der Waals surface area contributed by atoms with E-state index in [9.17, 15) is 37.2 Å². The number of hydrogen-bond donors (Lipinski definition) is 11. The lowest BCUT2D eigenvalue weighted by molar-refractivity contribution is 0.0867. The van der Waals surface area contributed by atoms with Crippen LogP contribution in [0.5, 0.6) is 0 Å². The van der Waals surface area contributed by atoms with Crippen LogP contribution in [0.2, 0.25) is 0 Å². The normalized spacial score (nSPS) is 14.3. The summed E-state index contributed by atoms with van der Waals surface area (Å²) in [6.45, 7) is 28.3. The number of likely N-dealkylation sites (tertiary alicyclic amines) is 2. The molecule has 41 heteroatoms. The maximum Gasteiger partial charge on any atom is 0.321 e. The molecule has 1 unspecified atom stereocenters. The fourth-order valence-corrected chi connectivity index (χ4v) is 23.0. The van der Waals surface area contributed by atoms with Crippen LogP contribution in [0.3, 0.4) is 0 Å². The Balaban J connectivity index is 0.000000126. The molecule has 0 radical (unpaired) electrons. The second-order valence-electron chi connectivity index (χ2n) is 34.9. The van der Waals surface area contributed by atoms with Gasteiger partial charge in [-0.25, -0.2) is 22.9 Å². The maximum atomic E-state index is 12.8. The molecule has 1 saturated carbocycles. The van der Waals surface area contributed by atoms with Crippen LogP contribution in [0.1, 0.15) is 171 Å². The average molecular weight is 1980 g/mol. The Bertz CT molecular complexity index is 7420. The lowest BCUT2D eigenvalue weighted by atomic mass is 10.1. The molecule has 0 bridgehead atoms. The van der Waals surface area contributed by atoms with Crippen molar-refractivity contribution in [3.8, 4) is 5.69 Å². The van der Waals surface area contributed by atoms with E-state index in [2.05, 4.69) is 139 Å². The minimum absolute atomic E-state index is 0.107. The number of carbonyl (C=O) groups is 6. The van der Waals surface area contributed by atoms with Gasteiger partial charge in [0.05, 0.1) is 78.8 Å². The summed E-state index contributed by atoms with van der Waals surface area (Å²) in [4.78, 5) is 92.1. The Kier molecular flexibility index (Phi) is 29.8. The molecule has 35 nitrogen and oxygen atoms in total. The monoisotopic (exact) mass is 1980 g/mol. The first-order valence-electron chi connectivity index (χ1n) is 45.3. The quantitative estimate of drug-likeness (QED) is 0.0337. The van der Waals surface area contributed by atoms with Gasteiger partial charge in [0.2, 0.25) is 0 Å². The summed E-state index contributed by atoms with van der Waals surface area (Å²) in [5.41, 5.74) is 50.5. The van der Waals surface area contributed by atoms with Gasteiger partial charge in [-0.2, -0.15) is 30.6 Å². The van der Waals surface area contributed by atoms with Crippen molar-refractivity contribution in [1.29, 1.82) is 0 Å². The van der Waals surface area contributed by atoms with E-state index in [1.54, 1.807) is 40.2 Å². The molecule has 3 saturated heterocycles. The minimum atomic E-state index is -3.20. The molecule has 16 aromatic rings. The van der Waals surface area contributed by atoms with Crippen LogP contribution >= 0.6 is 56.7 Å². The largest absolute Gasteiger partial charge is 0.397 e. The number of para-hydroxylation sites is 1. The van der Waals surface area contributed by atoms with Crippen molar-refractivity contribution in [2.24, 2.45) is 0 Å². The molecule has 5 aromatic carbocycles. The number of rotatable bonds is 20. The molecule has 4 fully saturated rings. The summed E-state index contributed by atoms with van der Waals surface area (Å²) in [6.07, 6.45) is 9.46. The summed E-state index contributed by atoms with van der Waals surface area (Å²) in [6, 6.07) is 40.6. The summed E-state index contributed by atoms with van der Waals surface area (Å²) < 4.78 is 26.1. The smallest absolute Gasteiger partial charge is 0.321 e. The van der Waals surface area contributed by atoms with Crippen molar-refractivity contribution in [1.82, 2.24) is 102 Å². The Morgan fingerprint density at radius 2 is 0.770 bits per heavy atom. The van der Waals surface area contributed by atoms with Gasteiger partial charge in [-0.15, -0.1) is 82.2 Å². The number of nitrogens with zero attached hydrogens (tertiary/aromatic N) is 16. The third-order valence-corrected chi connectivity index (χ3v) is 33.0. The van der Waals surface area contributed by atoms with Crippen LogP contribution in [0.15, 0.2) is 145 Å². The number of fused-ring (bicyclic) bond motifs is 5. The number of nitrogens with one attached hydrogen (secondary N) is 6. The van der Waals surface area contributed by atoms with E-state index in [0.29, 0.717) is 108 Å². The number of nitrogens with two attached hydrogens (primary N) is 5. The third-order valence-electron chi connectivity index (χ3n) is 25.2. The molecule has 20 rings (SSSR count). The maximum absolute atomic E-state index is 12.8. The van der Waals surface area contributed by atoms with Crippen molar-refractivity contribution in [3.63, 3.8) is 0 Å². The molecule has 718 valence electrons. The van der Waals surface area contributed by atoms with Gasteiger partial charge in [0, 0.05) is 96.7 Å². The number of sulfone groups is 1. The van der Waals surface area contributed by atoms with Crippen molar-refractivity contribution in [2.45, 2.75) is 163 Å². The van der Waals surface area contributed by atoms with Crippen LogP contribution < -0.4 is 65.5 Å². The molecule has 1 atom stereocenters. The third kappa shape index (κ3) is 22.0. The molecule has 0 spiro atoms. The topological polar surface area (TPSA) is 508 Å². The van der Waals surface area contributed by atoms with Gasteiger partial charge in [-0.1, -0.05) is 90.8 Å². The Morgan fingerprint density at radius 1 is 0.396 bits per heavy atom. The van der Waals surface area contributed by atoms with Crippen molar-refractivity contribution in [2.75, 3.05) is 78.2 Å². The first-order chi connectivity index (χ1) is 66.7. The van der Waals surface area contributed by atoms with E-state index in [1.165, 1.54) is 107 Å². The number of anilines is 7. The number of hydrogen-bond acceptors (Lipinski definition) is 32. The average Bonchev–Trinajstić information content (AvgIpc) is 1.64. The SMILES string of the molecule is Cc1ccc(NC(=O)N2CC(NC(=O)c3sc4nnc(C)c(C)c4c3N)C2)cc1.Cc1nnc2sc(C(=O)NC3CCN(c4ccccc4)C3)c(N)c2c1C.Cc1nnc2sc(C(=O)NCc3ccc(-n4cncn4)cc3)c(N)c2c1C.Cc1nnc2sc(C(=O)NCc3ccc(CN4CCCCC4)cc3)c(N)c2c1C.Cc1nnc2sc(C(=O)NCc3ccc(S(=O)(=O)C4CC4)cc3)c(N)c2c1C. The fraction of sp³-hybridized carbons (Fsp3) is 0.306. The number of carbonyl (C=O) groups excluding carboxylic acids is 6. The molecule has 7 amide bonds. The summed E-state index contributed by atoms with van der Waals surface area (Å²) in [7, 11) is -3.20. The number of benzene rings is 5. The first kappa shape index (κ1) is 97.8. The highest BCUT2D eigenvalue weighted by molar-refractivity contribution is 7.92. The van der Waals surface area contributed by atoms with Crippen LogP contribution in [-0.2, 0) is 36.0 Å². The van der Waals surface area contributed by atoms with Gasteiger partial charge >= 0.3 is 6.03 Å². The second kappa shape index (κ2) is 42.4. The Hall–Kier alpha value is -14.2. The predicted molar refractivity (Wildman–Crippen MR) is 551 cm³/mol. The number of amides is 7. The van der Waals surface area contributed by atoms with Gasteiger partial charge in [-0.05, 0) is 220 Å². The lowest BCUT2D eigenvalue weighted by Gasteiger charge is -2.39. The molecule has 3 aliphatic heterocycles.